The number of nitrogens with zero attached hydrogens (tertiary/aromatic N) is 2. The largest absolute Gasteiger partial charge is 0.481 e. The highest BCUT2D eigenvalue weighted by molar-refractivity contribution is 8.01. The molecule has 0 bridgehead atoms. The minimum atomic E-state index is -0.816. The number of hydrogen-bond donors (Lipinski definition) is 1. The summed E-state index contributed by atoms with van der Waals surface area (Å²) in [5, 5.41) is 8.95. The van der Waals surface area contributed by atoms with Crippen LogP contribution in [0.2, 0.25) is 0 Å². The van der Waals surface area contributed by atoms with Gasteiger partial charge < -0.3 is 10.0 Å². The van der Waals surface area contributed by atoms with E-state index in [-0.39, 0.29) is 5.91 Å². The van der Waals surface area contributed by atoms with E-state index in [1.165, 1.54) is 11.8 Å². The molecule has 1 aliphatic rings. The van der Waals surface area contributed by atoms with Gasteiger partial charge in [0.15, 0.2) is 4.34 Å². The lowest BCUT2D eigenvalue weighted by Gasteiger charge is -2.14. The Morgan fingerprint density at radius 3 is 2.95 bits per heavy atom. The predicted octanol–water partition coefficient (Wildman–Crippen LogP) is 2.32. The summed E-state index contributed by atoms with van der Waals surface area (Å²) in [6.07, 6.45) is 0.548. The lowest BCUT2D eigenvalue weighted by molar-refractivity contribution is -0.141. The molecule has 1 saturated heterocycles. The van der Waals surface area contributed by atoms with Crippen molar-refractivity contribution >= 4 is 45.2 Å². The van der Waals surface area contributed by atoms with Gasteiger partial charge in [-0.1, -0.05) is 23.9 Å². The molecule has 1 atom stereocenters. The van der Waals surface area contributed by atoms with Crippen LogP contribution in [0.4, 0.5) is 0 Å². The fourth-order valence-electron chi connectivity index (χ4n) is 2.32. The first-order valence-corrected chi connectivity index (χ1v) is 8.42. The van der Waals surface area contributed by atoms with Gasteiger partial charge in [0.2, 0.25) is 5.91 Å². The second-order valence-electron chi connectivity index (χ2n) is 4.90. The number of thioether (sulfide) groups is 1. The minimum Gasteiger partial charge on any atom is -0.481 e. The molecule has 110 valence electrons. The van der Waals surface area contributed by atoms with E-state index in [4.69, 9.17) is 5.11 Å². The summed E-state index contributed by atoms with van der Waals surface area (Å²) in [5.41, 5.74) is 0.949. The molecule has 7 heteroatoms. The number of benzene rings is 1. The number of carbonyl (C=O) groups excluding carboxylic acids is 1. The molecule has 0 spiro atoms. The minimum absolute atomic E-state index is 0.0111. The monoisotopic (exact) mass is 322 g/mol. The Labute approximate surface area is 130 Å². The number of likely N-dealkylation sites (tertiary alicyclic amines) is 1. The molecule has 1 N–H and O–H groups in total. The SMILES string of the molecule is O=C(O)C1CCN(C(=O)CSc2nc3ccccc3s2)C1. The summed E-state index contributed by atoms with van der Waals surface area (Å²) in [7, 11) is 0. The van der Waals surface area contributed by atoms with Gasteiger partial charge in [0.05, 0.1) is 21.9 Å². The Morgan fingerprint density at radius 1 is 1.43 bits per heavy atom. The molecule has 2 heterocycles. The number of aromatic nitrogens is 1. The van der Waals surface area contributed by atoms with Gasteiger partial charge in [0.25, 0.3) is 0 Å². The maximum Gasteiger partial charge on any atom is 0.308 e. The Hall–Kier alpha value is -1.60. The predicted molar refractivity (Wildman–Crippen MR) is 82.7 cm³/mol. The van der Waals surface area contributed by atoms with E-state index in [2.05, 4.69) is 4.98 Å². The van der Waals surface area contributed by atoms with Crippen molar-refractivity contribution in [1.29, 1.82) is 0 Å². The van der Waals surface area contributed by atoms with Gasteiger partial charge in [-0.3, -0.25) is 9.59 Å². The number of thiazole rings is 1. The molecule has 1 aromatic heterocycles. The van der Waals surface area contributed by atoms with Crippen LogP contribution in [-0.2, 0) is 9.59 Å². The van der Waals surface area contributed by atoms with Crippen molar-refractivity contribution in [2.45, 2.75) is 10.8 Å². The van der Waals surface area contributed by atoms with Crippen LogP contribution < -0.4 is 0 Å². The first kappa shape index (κ1) is 14.3. The van der Waals surface area contributed by atoms with Crippen LogP contribution in [-0.4, -0.2) is 45.7 Å². The van der Waals surface area contributed by atoms with E-state index in [1.54, 1.807) is 16.2 Å². The van der Waals surface area contributed by atoms with E-state index in [0.717, 1.165) is 14.6 Å². The maximum atomic E-state index is 12.1. The molecule has 1 fully saturated rings. The average molecular weight is 322 g/mol. The van der Waals surface area contributed by atoms with Crippen LogP contribution in [0.5, 0.6) is 0 Å². The molecule has 2 aromatic rings. The number of hydrogen-bond acceptors (Lipinski definition) is 5. The van der Waals surface area contributed by atoms with Crippen molar-refractivity contribution in [1.82, 2.24) is 9.88 Å². The van der Waals surface area contributed by atoms with E-state index in [1.807, 2.05) is 24.3 Å². The molecule has 21 heavy (non-hydrogen) atoms. The van der Waals surface area contributed by atoms with E-state index < -0.39 is 11.9 Å². The normalized spacial score (nSPS) is 18.3. The number of carboxylic acid groups (broad SMARTS) is 1. The van der Waals surface area contributed by atoms with Crippen molar-refractivity contribution in [3.05, 3.63) is 24.3 Å². The van der Waals surface area contributed by atoms with Gasteiger partial charge in [-0.05, 0) is 18.6 Å². The molecular formula is C14H14N2O3S2. The fourth-order valence-corrected chi connectivity index (χ4v) is 4.29. The zero-order chi connectivity index (χ0) is 14.8. The summed E-state index contributed by atoms with van der Waals surface area (Å²) < 4.78 is 1.98. The molecule has 0 saturated carbocycles. The number of carboxylic acids is 1. The number of aliphatic carboxylic acids is 1. The first-order valence-electron chi connectivity index (χ1n) is 6.62. The summed E-state index contributed by atoms with van der Waals surface area (Å²) >= 11 is 2.99. The molecule has 0 radical (unpaired) electrons. The highest BCUT2D eigenvalue weighted by Crippen LogP contribution is 2.29. The van der Waals surface area contributed by atoms with Crippen molar-refractivity contribution in [3.63, 3.8) is 0 Å². The Morgan fingerprint density at radius 2 is 2.24 bits per heavy atom. The number of carbonyl (C=O) groups is 2. The summed E-state index contributed by atoms with van der Waals surface area (Å²) in [6.45, 7) is 0.866. The maximum absolute atomic E-state index is 12.1. The number of para-hydroxylation sites is 1. The lowest BCUT2D eigenvalue weighted by atomic mass is 10.1. The van der Waals surface area contributed by atoms with Gasteiger partial charge >= 0.3 is 5.97 Å². The fraction of sp³-hybridized carbons (Fsp3) is 0.357. The van der Waals surface area contributed by atoms with Crippen LogP contribution in [0.15, 0.2) is 28.6 Å². The smallest absolute Gasteiger partial charge is 0.308 e. The van der Waals surface area contributed by atoms with Gasteiger partial charge in [-0.2, -0.15) is 0 Å². The van der Waals surface area contributed by atoms with E-state index in [9.17, 15) is 9.59 Å². The molecule has 0 aliphatic carbocycles. The summed E-state index contributed by atoms with van der Waals surface area (Å²) in [5.74, 6) is -0.930. The molecule has 1 unspecified atom stereocenters. The number of amides is 1. The molecule has 1 amide bonds. The topological polar surface area (TPSA) is 70.5 Å². The number of fused-ring (bicyclic) bond motifs is 1. The second-order valence-corrected chi connectivity index (χ2v) is 7.15. The molecule has 1 aliphatic heterocycles. The van der Waals surface area contributed by atoms with E-state index >= 15 is 0 Å². The third-order valence-corrected chi connectivity index (χ3v) is 5.65. The molecule has 5 nitrogen and oxygen atoms in total. The number of rotatable bonds is 4. The summed E-state index contributed by atoms with van der Waals surface area (Å²) in [4.78, 5) is 29.1. The lowest BCUT2D eigenvalue weighted by Crippen LogP contribution is -2.31. The quantitative estimate of drug-likeness (QED) is 0.875. The highest BCUT2D eigenvalue weighted by atomic mass is 32.2. The standard InChI is InChI=1S/C14H14N2O3S2/c17-12(16-6-5-9(7-16)13(18)19)8-20-14-15-10-3-1-2-4-11(10)21-14/h1-4,9H,5-8H2,(H,18,19). The average Bonchev–Trinajstić information content (AvgIpc) is 3.11. The van der Waals surface area contributed by atoms with Gasteiger partial charge in [-0.25, -0.2) is 4.98 Å². The van der Waals surface area contributed by atoms with Crippen molar-refractivity contribution in [2.75, 3.05) is 18.8 Å². The molecule has 3 rings (SSSR count). The van der Waals surface area contributed by atoms with Crippen molar-refractivity contribution in [2.24, 2.45) is 5.92 Å². The summed E-state index contributed by atoms with van der Waals surface area (Å²) in [6, 6.07) is 7.88. The first-order chi connectivity index (χ1) is 10.1. The van der Waals surface area contributed by atoms with Gasteiger partial charge in [0, 0.05) is 13.1 Å². The van der Waals surface area contributed by atoms with Gasteiger partial charge in [-0.15, -0.1) is 11.3 Å². The van der Waals surface area contributed by atoms with Crippen molar-refractivity contribution < 1.29 is 14.7 Å². The molecular weight excluding hydrogens is 308 g/mol. The third kappa shape index (κ3) is 3.19. The van der Waals surface area contributed by atoms with Crippen LogP contribution in [0.25, 0.3) is 10.2 Å². The van der Waals surface area contributed by atoms with Crippen LogP contribution in [0, 0.1) is 5.92 Å². The highest BCUT2D eigenvalue weighted by Gasteiger charge is 2.30. The Balaban J connectivity index is 1.57. The Bertz CT molecular complexity index is 653. The van der Waals surface area contributed by atoms with Crippen LogP contribution >= 0.6 is 23.1 Å². The van der Waals surface area contributed by atoms with Crippen LogP contribution in [0.3, 0.4) is 0 Å². The molecule has 1 aromatic carbocycles. The van der Waals surface area contributed by atoms with Gasteiger partial charge in [0.1, 0.15) is 0 Å². The Kier molecular flexibility index (Phi) is 4.12. The third-order valence-electron chi connectivity index (χ3n) is 3.48. The van der Waals surface area contributed by atoms with Crippen molar-refractivity contribution in [3.8, 4) is 0 Å². The van der Waals surface area contributed by atoms with Crippen LogP contribution in [0.1, 0.15) is 6.42 Å². The zero-order valence-corrected chi connectivity index (χ0v) is 12.8. The van der Waals surface area contributed by atoms with E-state index in [0.29, 0.717) is 25.3 Å². The second kappa shape index (κ2) is 6.03. The zero-order valence-electron chi connectivity index (χ0n) is 11.2.